The second kappa shape index (κ2) is 5.94. The van der Waals surface area contributed by atoms with Gasteiger partial charge < -0.3 is 15.8 Å². The fourth-order valence-corrected chi connectivity index (χ4v) is 3.90. The fraction of sp³-hybridized carbons (Fsp3) is 0.647. The molecule has 0 aromatic heterocycles. The average Bonchev–Trinajstić information content (AvgIpc) is 3.05. The van der Waals surface area contributed by atoms with Crippen LogP contribution < -0.4 is 15.8 Å². The van der Waals surface area contributed by atoms with E-state index in [9.17, 15) is 0 Å². The van der Waals surface area contributed by atoms with E-state index in [0.717, 1.165) is 54.5 Å². The van der Waals surface area contributed by atoms with E-state index >= 15 is 0 Å². The number of anilines is 2. The van der Waals surface area contributed by atoms with Crippen molar-refractivity contribution in [3.8, 4) is 5.75 Å². The topological polar surface area (TPSA) is 47.3 Å². The zero-order valence-electron chi connectivity index (χ0n) is 12.4. The van der Waals surface area contributed by atoms with Gasteiger partial charge in [0, 0.05) is 30.1 Å². The molecule has 3 heteroatoms. The van der Waals surface area contributed by atoms with E-state index in [-0.39, 0.29) is 0 Å². The molecule has 110 valence electrons. The molecule has 0 heterocycles. The van der Waals surface area contributed by atoms with Crippen molar-refractivity contribution in [2.24, 2.45) is 17.8 Å². The quantitative estimate of drug-likeness (QED) is 0.773. The molecular formula is C17H26N2O. The van der Waals surface area contributed by atoms with Crippen molar-refractivity contribution >= 4 is 11.4 Å². The van der Waals surface area contributed by atoms with Crippen molar-refractivity contribution < 1.29 is 4.74 Å². The molecule has 2 aliphatic rings. The molecule has 0 radical (unpaired) electrons. The number of fused-ring (bicyclic) bond motifs is 2. The Hall–Kier alpha value is -1.38. The third-order valence-corrected chi connectivity index (χ3v) is 4.85. The summed E-state index contributed by atoms with van der Waals surface area (Å²) >= 11 is 0. The summed E-state index contributed by atoms with van der Waals surface area (Å²) in [5, 5.41) is 3.57. The van der Waals surface area contributed by atoms with Crippen LogP contribution in [0.15, 0.2) is 18.2 Å². The molecule has 0 aliphatic heterocycles. The first-order valence-electron chi connectivity index (χ1n) is 8.02. The lowest BCUT2D eigenvalue weighted by Gasteiger charge is -2.22. The van der Waals surface area contributed by atoms with Crippen LogP contribution in [0.2, 0.25) is 0 Å². The van der Waals surface area contributed by atoms with Gasteiger partial charge in [-0.15, -0.1) is 0 Å². The maximum absolute atomic E-state index is 5.96. The van der Waals surface area contributed by atoms with Crippen LogP contribution in [0.1, 0.15) is 39.0 Å². The average molecular weight is 274 g/mol. The van der Waals surface area contributed by atoms with Gasteiger partial charge in [-0.3, -0.25) is 0 Å². The molecular weight excluding hydrogens is 248 g/mol. The number of ether oxygens (including phenoxy) is 1. The highest BCUT2D eigenvalue weighted by molar-refractivity contribution is 5.59. The summed E-state index contributed by atoms with van der Waals surface area (Å²) in [6.45, 7) is 3.94. The second-order valence-electron chi connectivity index (χ2n) is 6.46. The predicted molar refractivity (Wildman–Crippen MR) is 84.1 cm³/mol. The maximum atomic E-state index is 5.96. The molecule has 0 saturated heterocycles. The molecule has 3 nitrogen and oxygen atoms in total. The van der Waals surface area contributed by atoms with Crippen LogP contribution in [-0.2, 0) is 0 Å². The van der Waals surface area contributed by atoms with E-state index in [0.29, 0.717) is 0 Å². The van der Waals surface area contributed by atoms with Crippen molar-refractivity contribution in [2.75, 3.05) is 24.2 Å². The number of hydrogen-bond acceptors (Lipinski definition) is 3. The van der Waals surface area contributed by atoms with E-state index in [4.69, 9.17) is 10.5 Å². The molecule has 3 atom stereocenters. The highest BCUT2D eigenvalue weighted by Crippen LogP contribution is 2.48. The van der Waals surface area contributed by atoms with Gasteiger partial charge in [-0.05, 0) is 49.5 Å². The molecule has 2 fully saturated rings. The van der Waals surface area contributed by atoms with Crippen molar-refractivity contribution in [3.05, 3.63) is 18.2 Å². The van der Waals surface area contributed by atoms with Crippen molar-refractivity contribution in [2.45, 2.75) is 39.0 Å². The first-order chi connectivity index (χ1) is 9.74. The Balaban J connectivity index is 1.57. The Kier molecular flexibility index (Phi) is 4.04. The van der Waals surface area contributed by atoms with Gasteiger partial charge in [0.25, 0.3) is 0 Å². The minimum absolute atomic E-state index is 0.745. The summed E-state index contributed by atoms with van der Waals surface area (Å²) < 4.78 is 5.68. The van der Waals surface area contributed by atoms with Gasteiger partial charge >= 0.3 is 0 Å². The summed E-state index contributed by atoms with van der Waals surface area (Å²) in [6, 6.07) is 5.98. The minimum Gasteiger partial charge on any atom is -0.493 e. The van der Waals surface area contributed by atoms with Gasteiger partial charge in [0.1, 0.15) is 5.75 Å². The molecule has 20 heavy (non-hydrogen) atoms. The Bertz CT molecular complexity index is 460. The minimum atomic E-state index is 0.745. The molecule has 1 aromatic rings. The molecule has 2 bridgehead atoms. The van der Waals surface area contributed by atoms with Crippen LogP contribution >= 0.6 is 0 Å². The predicted octanol–water partition coefficient (Wildman–Crippen LogP) is 3.91. The first kappa shape index (κ1) is 13.6. The van der Waals surface area contributed by atoms with Gasteiger partial charge in [-0.2, -0.15) is 0 Å². The van der Waals surface area contributed by atoms with E-state index < -0.39 is 0 Å². The summed E-state index contributed by atoms with van der Waals surface area (Å²) in [6.07, 6.45) is 6.81. The monoisotopic (exact) mass is 274 g/mol. The normalized spacial score (nSPS) is 27.8. The standard InChI is InChI=1S/C17H26N2O/c1-2-5-20-17-9-15(18)8-16(10-17)19-11-14-7-12-3-4-13(14)6-12/h8-10,12-14,19H,2-7,11,18H2,1H3. The van der Waals surface area contributed by atoms with Gasteiger partial charge in [0.05, 0.1) is 6.61 Å². The molecule has 0 amide bonds. The fourth-order valence-electron chi connectivity index (χ4n) is 3.90. The van der Waals surface area contributed by atoms with Crippen molar-refractivity contribution in [1.29, 1.82) is 0 Å². The number of hydrogen-bond donors (Lipinski definition) is 2. The molecule has 2 saturated carbocycles. The Morgan fingerprint density at radius 2 is 2.15 bits per heavy atom. The number of nitrogen functional groups attached to an aromatic ring is 1. The van der Waals surface area contributed by atoms with Gasteiger partial charge in [-0.25, -0.2) is 0 Å². The zero-order chi connectivity index (χ0) is 13.9. The van der Waals surface area contributed by atoms with Crippen LogP contribution in [0.25, 0.3) is 0 Å². The number of nitrogens with one attached hydrogen (secondary N) is 1. The van der Waals surface area contributed by atoms with Crippen LogP contribution in [0.4, 0.5) is 11.4 Å². The molecule has 3 rings (SSSR count). The van der Waals surface area contributed by atoms with Gasteiger partial charge in [0.15, 0.2) is 0 Å². The summed E-state index contributed by atoms with van der Waals surface area (Å²) in [5.41, 5.74) is 7.82. The van der Waals surface area contributed by atoms with Gasteiger partial charge in [0.2, 0.25) is 0 Å². The Morgan fingerprint density at radius 3 is 2.85 bits per heavy atom. The summed E-state index contributed by atoms with van der Waals surface area (Å²) in [4.78, 5) is 0. The van der Waals surface area contributed by atoms with Crippen LogP contribution in [-0.4, -0.2) is 13.2 Å². The first-order valence-corrected chi connectivity index (χ1v) is 8.02. The van der Waals surface area contributed by atoms with E-state index in [2.05, 4.69) is 18.3 Å². The Labute approximate surface area is 121 Å². The van der Waals surface area contributed by atoms with E-state index in [1.165, 1.54) is 25.7 Å². The molecule has 0 spiro atoms. The third kappa shape index (κ3) is 3.02. The molecule has 3 N–H and O–H groups in total. The maximum Gasteiger partial charge on any atom is 0.123 e. The summed E-state index contributed by atoms with van der Waals surface area (Å²) in [5.74, 6) is 3.71. The lowest BCUT2D eigenvalue weighted by molar-refractivity contribution is 0.317. The highest BCUT2D eigenvalue weighted by atomic mass is 16.5. The Morgan fingerprint density at radius 1 is 1.25 bits per heavy atom. The van der Waals surface area contributed by atoms with Crippen molar-refractivity contribution in [1.82, 2.24) is 0 Å². The smallest absolute Gasteiger partial charge is 0.123 e. The van der Waals surface area contributed by atoms with Crippen LogP contribution in [0, 0.1) is 17.8 Å². The van der Waals surface area contributed by atoms with E-state index in [1.54, 1.807) is 0 Å². The lowest BCUT2D eigenvalue weighted by Crippen LogP contribution is -2.20. The number of nitrogens with two attached hydrogens (primary N) is 1. The molecule has 2 aliphatic carbocycles. The highest BCUT2D eigenvalue weighted by Gasteiger charge is 2.38. The van der Waals surface area contributed by atoms with Crippen molar-refractivity contribution in [3.63, 3.8) is 0 Å². The van der Waals surface area contributed by atoms with Gasteiger partial charge in [-0.1, -0.05) is 13.3 Å². The zero-order valence-corrected chi connectivity index (χ0v) is 12.4. The number of benzene rings is 1. The summed E-state index contributed by atoms with van der Waals surface area (Å²) in [7, 11) is 0. The number of rotatable bonds is 6. The van der Waals surface area contributed by atoms with E-state index in [1.807, 2.05) is 12.1 Å². The lowest BCUT2D eigenvalue weighted by atomic mass is 9.89. The molecule has 1 aromatic carbocycles. The molecule has 3 unspecified atom stereocenters. The van der Waals surface area contributed by atoms with Crippen LogP contribution in [0.5, 0.6) is 5.75 Å². The SMILES string of the molecule is CCCOc1cc(N)cc(NCC2CC3CCC2C3)c1. The van der Waals surface area contributed by atoms with Crippen LogP contribution in [0.3, 0.4) is 0 Å². The second-order valence-corrected chi connectivity index (χ2v) is 6.46. The third-order valence-electron chi connectivity index (χ3n) is 4.85. The largest absolute Gasteiger partial charge is 0.493 e.